The molecule has 0 saturated carbocycles. The molecule has 0 saturated heterocycles. The molecule has 0 spiro atoms. The van der Waals surface area contributed by atoms with Crippen molar-refractivity contribution in [3.63, 3.8) is 0 Å². The average Bonchev–Trinajstić information content (AvgIpc) is 2.52. The highest BCUT2D eigenvalue weighted by Gasteiger charge is 2.11. The van der Waals surface area contributed by atoms with E-state index in [0.29, 0.717) is 0 Å². The second-order valence-electron chi connectivity index (χ2n) is 5.13. The lowest BCUT2D eigenvalue weighted by molar-refractivity contribution is 1.63. The number of rotatable bonds is 2. The summed E-state index contributed by atoms with van der Waals surface area (Å²) in [5, 5.41) is 7.06. The normalized spacial score (nSPS) is 12.0. The van der Waals surface area contributed by atoms with Gasteiger partial charge in [0.15, 0.2) is 0 Å². The third-order valence-electron chi connectivity index (χ3n) is 4.09. The Hall–Kier alpha value is -2.60. The van der Waals surface area contributed by atoms with Gasteiger partial charge in [0, 0.05) is 0 Å². The molecule has 102 valence electrons. The number of hydrogen-bond donors (Lipinski definition) is 0. The third kappa shape index (κ3) is 1.84. The molecule has 0 N–H and O–H groups in total. The van der Waals surface area contributed by atoms with Crippen molar-refractivity contribution in [1.82, 2.24) is 0 Å². The van der Waals surface area contributed by atoms with E-state index in [1.54, 1.807) is 0 Å². The fraction of sp³-hybridized carbons (Fsp3) is 0.0476. The molecule has 3 aromatic carbocycles. The van der Waals surface area contributed by atoms with E-state index in [-0.39, 0.29) is 0 Å². The van der Waals surface area contributed by atoms with Gasteiger partial charge >= 0.3 is 0 Å². The number of benzene rings is 3. The molecule has 0 fully saturated rings. The standard InChI is InChI=1S/C21H18/c1-5-15-11-9-13-19-16(6-2)20-14(4)10-8-12-18(20)17(7-3)21(15)19/h5-13H,2-4H2,1H3/b15-5-. The Kier molecular flexibility index (Phi) is 3.23. The lowest BCUT2D eigenvalue weighted by Gasteiger charge is -2.13. The van der Waals surface area contributed by atoms with E-state index in [1.165, 1.54) is 32.3 Å². The molecule has 21 heavy (non-hydrogen) atoms. The molecule has 0 heteroatoms. The van der Waals surface area contributed by atoms with Gasteiger partial charge in [-0.05, 0) is 50.0 Å². The number of hydrogen-bond acceptors (Lipinski definition) is 0. The summed E-state index contributed by atoms with van der Waals surface area (Å²) in [6.45, 7) is 14.3. The van der Waals surface area contributed by atoms with Gasteiger partial charge in [0.05, 0.1) is 0 Å². The van der Waals surface area contributed by atoms with Crippen LogP contribution in [-0.4, -0.2) is 0 Å². The van der Waals surface area contributed by atoms with Crippen LogP contribution in [0.5, 0.6) is 0 Å². The van der Waals surface area contributed by atoms with Crippen LogP contribution in [0.2, 0.25) is 0 Å². The van der Waals surface area contributed by atoms with Gasteiger partial charge in [-0.15, -0.1) is 0 Å². The van der Waals surface area contributed by atoms with Crippen molar-refractivity contribution in [3.8, 4) is 0 Å². The van der Waals surface area contributed by atoms with Crippen molar-refractivity contribution in [2.24, 2.45) is 0 Å². The summed E-state index contributed by atoms with van der Waals surface area (Å²) >= 11 is 0. The molecule has 0 heterocycles. The molecule has 0 unspecified atom stereocenters. The minimum Gasteiger partial charge on any atom is -0.0984 e. The summed E-state index contributed by atoms with van der Waals surface area (Å²) < 4.78 is 0. The van der Waals surface area contributed by atoms with Gasteiger partial charge in [-0.3, -0.25) is 0 Å². The molecule has 0 amide bonds. The van der Waals surface area contributed by atoms with Crippen molar-refractivity contribution in [2.75, 3.05) is 0 Å². The zero-order chi connectivity index (χ0) is 15.0. The van der Waals surface area contributed by atoms with Crippen LogP contribution in [0, 0.1) is 0 Å². The third-order valence-corrected chi connectivity index (χ3v) is 4.09. The highest BCUT2D eigenvalue weighted by molar-refractivity contribution is 6.12. The van der Waals surface area contributed by atoms with Crippen LogP contribution in [0.3, 0.4) is 0 Å². The summed E-state index contributed by atoms with van der Waals surface area (Å²) in [5.74, 6) is 0. The fourth-order valence-electron chi connectivity index (χ4n) is 3.17. The maximum atomic E-state index is 4.19. The topological polar surface area (TPSA) is 0 Å². The Labute approximate surface area is 125 Å². The zero-order valence-corrected chi connectivity index (χ0v) is 12.3. The van der Waals surface area contributed by atoms with Crippen LogP contribution < -0.4 is 10.4 Å². The first-order valence-electron chi connectivity index (χ1n) is 7.10. The van der Waals surface area contributed by atoms with Crippen molar-refractivity contribution in [3.05, 3.63) is 71.1 Å². The van der Waals surface area contributed by atoms with Crippen LogP contribution in [0.4, 0.5) is 0 Å². The SMILES string of the molecule is C=Cc1c2ccc/c(=C/C)c2c(C=C)c2cccc(=C)c12. The molecule has 3 aromatic rings. The van der Waals surface area contributed by atoms with E-state index in [4.69, 9.17) is 0 Å². The van der Waals surface area contributed by atoms with Gasteiger partial charge in [-0.1, -0.05) is 74.4 Å². The summed E-state index contributed by atoms with van der Waals surface area (Å²) in [7, 11) is 0. The Bertz CT molecular complexity index is 988. The highest BCUT2D eigenvalue weighted by atomic mass is 14.1. The molecular formula is C21H18. The molecular weight excluding hydrogens is 252 g/mol. The molecule has 0 bridgehead atoms. The summed E-state index contributed by atoms with van der Waals surface area (Å²) in [4.78, 5) is 0. The maximum Gasteiger partial charge on any atom is -0.00299 e. The first kappa shape index (κ1) is 13.4. The van der Waals surface area contributed by atoms with Gasteiger partial charge in [-0.25, -0.2) is 0 Å². The van der Waals surface area contributed by atoms with Gasteiger partial charge < -0.3 is 0 Å². The van der Waals surface area contributed by atoms with Gasteiger partial charge in [0.2, 0.25) is 0 Å². The van der Waals surface area contributed by atoms with E-state index < -0.39 is 0 Å². The van der Waals surface area contributed by atoms with E-state index in [0.717, 1.165) is 10.8 Å². The lowest BCUT2D eigenvalue weighted by Crippen LogP contribution is -2.07. The largest absolute Gasteiger partial charge is 0.0984 e. The van der Waals surface area contributed by atoms with Crippen molar-refractivity contribution in [2.45, 2.75) is 6.92 Å². The van der Waals surface area contributed by atoms with Crippen molar-refractivity contribution in [1.29, 1.82) is 0 Å². The molecule has 0 atom stereocenters. The fourth-order valence-corrected chi connectivity index (χ4v) is 3.17. The Balaban J connectivity index is 2.84. The monoisotopic (exact) mass is 270 g/mol. The van der Waals surface area contributed by atoms with Crippen molar-refractivity contribution >= 4 is 46.4 Å². The van der Waals surface area contributed by atoms with E-state index in [2.05, 4.69) is 63.1 Å². The first-order chi connectivity index (χ1) is 10.2. The predicted octanol–water partition coefficient (Wildman–Crippen LogP) is 4.49. The molecule has 0 nitrogen and oxygen atoms in total. The van der Waals surface area contributed by atoms with Crippen molar-refractivity contribution < 1.29 is 0 Å². The van der Waals surface area contributed by atoms with Crippen LogP contribution in [0.25, 0.3) is 46.4 Å². The lowest BCUT2D eigenvalue weighted by atomic mass is 9.90. The molecule has 0 aliphatic rings. The Morgan fingerprint density at radius 1 is 0.810 bits per heavy atom. The molecule has 0 aliphatic heterocycles. The molecule has 3 rings (SSSR count). The Morgan fingerprint density at radius 3 is 2.00 bits per heavy atom. The van der Waals surface area contributed by atoms with Crippen LogP contribution >= 0.6 is 0 Å². The highest BCUT2D eigenvalue weighted by Crippen LogP contribution is 2.30. The van der Waals surface area contributed by atoms with Crippen LogP contribution in [-0.2, 0) is 0 Å². The number of fused-ring (bicyclic) bond motifs is 2. The first-order valence-corrected chi connectivity index (χ1v) is 7.10. The second kappa shape index (κ2) is 5.06. The molecule has 0 aromatic heterocycles. The Morgan fingerprint density at radius 2 is 1.38 bits per heavy atom. The second-order valence-corrected chi connectivity index (χ2v) is 5.13. The maximum absolute atomic E-state index is 4.19. The van der Waals surface area contributed by atoms with Gasteiger partial charge in [-0.2, -0.15) is 0 Å². The smallest absolute Gasteiger partial charge is 0.00299 e. The van der Waals surface area contributed by atoms with E-state index >= 15 is 0 Å². The summed E-state index contributed by atoms with van der Waals surface area (Å²) in [5.41, 5.74) is 2.32. The molecule has 0 radical (unpaired) electrons. The summed E-state index contributed by atoms with van der Waals surface area (Å²) in [6, 6.07) is 12.6. The average molecular weight is 270 g/mol. The van der Waals surface area contributed by atoms with Gasteiger partial charge in [0.25, 0.3) is 0 Å². The zero-order valence-electron chi connectivity index (χ0n) is 12.3. The van der Waals surface area contributed by atoms with E-state index in [9.17, 15) is 0 Å². The molecule has 0 aliphatic carbocycles. The van der Waals surface area contributed by atoms with Crippen LogP contribution in [0.1, 0.15) is 18.1 Å². The van der Waals surface area contributed by atoms with E-state index in [1.807, 2.05) is 18.2 Å². The van der Waals surface area contributed by atoms with Gasteiger partial charge in [0.1, 0.15) is 0 Å². The van der Waals surface area contributed by atoms with Crippen LogP contribution in [0.15, 0.2) is 49.6 Å². The summed E-state index contributed by atoms with van der Waals surface area (Å²) in [6.07, 6.45) is 6.03. The minimum atomic E-state index is 1.03. The minimum absolute atomic E-state index is 1.03. The predicted molar refractivity (Wildman–Crippen MR) is 96.5 cm³/mol. The quantitative estimate of drug-likeness (QED) is 0.602.